The molecular weight excluding hydrogens is 276 g/mol. The lowest BCUT2D eigenvalue weighted by atomic mass is 10.0. The molecule has 0 radical (unpaired) electrons. The van der Waals surface area contributed by atoms with Crippen LogP contribution >= 0.6 is 0 Å². The van der Waals surface area contributed by atoms with Crippen LogP contribution in [0.5, 0.6) is 0 Å². The quantitative estimate of drug-likeness (QED) is 0.826. The highest BCUT2D eigenvalue weighted by Gasteiger charge is 2.14. The highest BCUT2D eigenvalue weighted by Crippen LogP contribution is 2.17. The molecule has 4 heteroatoms. The molecule has 0 unspecified atom stereocenters. The SMILES string of the molecule is C[C@@H](C[C@H](O)c1ccccc1)NC(=O)CCc1ccccn1. The molecule has 2 atom stereocenters. The first kappa shape index (κ1) is 16.2. The lowest BCUT2D eigenvalue weighted by molar-refractivity contribution is -0.121. The number of hydrogen-bond acceptors (Lipinski definition) is 3. The van der Waals surface area contributed by atoms with Crippen LogP contribution in [0.3, 0.4) is 0 Å². The van der Waals surface area contributed by atoms with E-state index in [9.17, 15) is 9.90 Å². The predicted molar refractivity (Wildman–Crippen MR) is 86.2 cm³/mol. The third-order valence-electron chi connectivity index (χ3n) is 3.50. The normalized spacial score (nSPS) is 13.4. The molecule has 2 rings (SSSR count). The van der Waals surface area contributed by atoms with Gasteiger partial charge in [-0.3, -0.25) is 9.78 Å². The summed E-state index contributed by atoms with van der Waals surface area (Å²) in [6.07, 6.45) is 2.70. The molecule has 1 amide bonds. The van der Waals surface area contributed by atoms with Crippen LogP contribution in [-0.4, -0.2) is 22.0 Å². The zero-order chi connectivity index (χ0) is 15.8. The van der Waals surface area contributed by atoms with E-state index in [4.69, 9.17) is 0 Å². The first-order chi connectivity index (χ1) is 10.6. The molecule has 1 aromatic carbocycles. The standard InChI is InChI=1S/C18H22N2O2/c1-14(13-17(21)15-7-3-2-4-8-15)20-18(22)11-10-16-9-5-6-12-19-16/h2-9,12,14,17,21H,10-11,13H2,1H3,(H,20,22)/t14-,17-/m0/s1. The van der Waals surface area contributed by atoms with Crippen molar-refractivity contribution in [3.63, 3.8) is 0 Å². The molecule has 0 saturated carbocycles. The molecule has 0 aliphatic rings. The van der Waals surface area contributed by atoms with Crippen LogP contribution in [0.1, 0.15) is 37.1 Å². The van der Waals surface area contributed by atoms with Gasteiger partial charge < -0.3 is 10.4 Å². The Bertz CT molecular complexity index is 572. The number of amides is 1. The average molecular weight is 298 g/mol. The van der Waals surface area contributed by atoms with Gasteiger partial charge in [0, 0.05) is 24.4 Å². The van der Waals surface area contributed by atoms with E-state index in [1.165, 1.54) is 0 Å². The molecule has 0 aliphatic carbocycles. The summed E-state index contributed by atoms with van der Waals surface area (Å²) in [6.45, 7) is 1.91. The van der Waals surface area contributed by atoms with Gasteiger partial charge in [0.1, 0.15) is 0 Å². The van der Waals surface area contributed by atoms with Crippen LogP contribution in [0.2, 0.25) is 0 Å². The van der Waals surface area contributed by atoms with E-state index in [2.05, 4.69) is 10.3 Å². The maximum Gasteiger partial charge on any atom is 0.220 e. The summed E-state index contributed by atoms with van der Waals surface area (Å²) in [5, 5.41) is 13.1. The Kier molecular flexibility index (Phi) is 6.10. The zero-order valence-electron chi connectivity index (χ0n) is 12.8. The summed E-state index contributed by atoms with van der Waals surface area (Å²) in [5.74, 6) is -0.0154. The smallest absolute Gasteiger partial charge is 0.220 e. The molecule has 1 aromatic heterocycles. The third kappa shape index (κ3) is 5.30. The summed E-state index contributed by atoms with van der Waals surface area (Å²) in [6, 6.07) is 15.1. The number of benzene rings is 1. The van der Waals surface area contributed by atoms with Crippen molar-refractivity contribution in [1.29, 1.82) is 0 Å². The van der Waals surface area contributed by atoms with Crippen LogP contribution in [0.4, 0.5) is 0 Å². The van der Waals surface area contributed by atoms with Gasteiger partial charge >= 0.3 is 0 Å². The second-order valence-electron chi connectivity index (χ2n) is 5.45. The van der Waals surface area contributed by atoms with Gasteiger partial charge in [-0.25, -0.2) is 0 Å². The van der Waals surface area contributed by atoms with Gasteiger partial charge in [0.25, 0.3) is 0 Å². The van der Waals surface area contributed by atoms with E-state index in [1.54, 1.807) is 6.20 Å². The van der Waals surface area contributed by atoms with Crippen LogP contribution < -0.4 is 5.32 Å². The number of nitrogens with one attached hydrogen (secondary N) is 1. The Morgan fingerprint density at radius 3 is 2.59 bits per heavy atom. The van der Waals surface area contributed by atoms with E-state index in [1.807, 2.05) is 55.5 Å². The molecule has 0 bridgehead atoms. The molecule has 4 nitrogen and oxygen atoms in total. The molecule has 2 aromatic rings. The third-order valence-corrected chi connectivity index (χ3v) is 3.50. The second kappa shape index (κ2) is 8.29. The predicted octanol–water partition coefficient (Wildman–Crippen LogP) is 2.64. The fraction of sp³-hybridized carbons (Fsp3) is 0.333. The highest BCUT2D eigenvalue weighted by atomic mass is 16.3. The molecule has 0 fully saturated rings. The van der Waals surface area contributed by atoms with Crippen molar-refractivity contribution in [1.82, 2.24) is 10.3 Å². The van der Waals surface area contributed by atoms with Crippen molar-refractivity contribution in [3.8, 4) is 0 Å². The fourth-order valence-electron chi connectivity index (χ4n) is 2.34. The Labute approximate surface area is 131 Å². The largest absolute Gasteiger partial charge is 0.388 e. The molecule has 0 spiro atoms. The number of hydrogen-bond donors (Lipinski definition) is 2. The molecule has 2 N–H and O–H groups in total. The van der Waals surface area contributed by atoms with Gasteiger partial charge in [-0.2, -0.15) is 0 Å². The summed E-state index contributed by atoms with van der Waals surface area (Å²) >= 11 is 0. The summed E-state index contributed by atoms with van der Waals surface area (Å²) in [5.41, 5.74) is 1.78. The van der Waals surface area contributed by atoms with E-state index >= 15 is 0 Å². The Hall–Kier alpha value is -2.20. The average Bonchev–Trinajstić information content (AvgIpc) is 2.54. The maximum absolute atomic E-state index is 11.9. The Morgan fingerprint density at radius 1 is 1.18 bits per heavy atom. The number of aryl methyl sites for hydroxylation is 1. The van der Waals surface area contributed by atoms with E-state index < -0.39 is 6.10 Å². The van der Waals surface area contributed by atoms with E-state index in [0.717, 1.165) is 11.3 Å². The molecule has 1 heterocycles. The van der Waals surface area contributed by atoms with Crippen molar-refractivity contribution in [2.45, 2.75) is 38.3 Å². The van der Waals surface area contributed by atoms with Crippen molar-refractivity contribution in [2.24, 2.45) is 0 Å². The molecule has 0 saturated heterocycles. The van der Waals surface area contributed by atoms with E-state index in [-0.39, 0.29) is 11.9 Å². The molecular formula is C18H22N2O2. The Morgan fingerprint density at radius 2 is 1.91 bits per heavy atom. The summed E-state index contributed by atoms with van der Waals surface area (Å²) in [7, 11) is 0. The van der Waals surface area contributed by atoms with Crippen molar-refractivity contribution < 1.29 is 9.90 Å². The number of rotatable bonds is 7. The molecule has 116 valence electrons. The van der Waals surface area contributed by atoms with Gasteiger partial charge in [-0.05, 0) is 37.5 Å². The minimum atomic E-state index is -0.563. The van der Waals surface area contributed by atoms with Gasteiger partial charge in [0.2, 0.25) is 5.91 Å². The van der Waals surface area contributed by atoms with Gasteiger partial charge in [0.15, 0.2) is 0 Å². The highest BCUT2D eigenvalue weighted by molar-refractivity contribution is 5.76. The minimum Gasteiger partial charge on any atom is -0.388 e. The number of aliphatic hydroxyl groups excluding tert-OH is 1. The lowest BCUT2D eigenvalue weighted by Crippen LogP contribution is -2.33. The fourth-order valence-corrected chi connectivity index (χ4v) is 2.34. The first-order valence-corrected chi connectivity index (χ1v) is 7.57. The number of carbonyl (C=O) groups is 1. The molecule has 22 heavy (non-hydrogen) atoms. The van der Waals surface area contributed by atoms with Crippen molar-refractivity contribution in [3.05, 3.63) is 66.0 Å². The van der Waals surface area contributed by atoms with Crippen LogP contribution in [0, 0.1) is 0 Å². The number of pyridine rings is 1. The van der Waals surface area contributed by atoms with Crippen molar-refractivity contribution >= 4 is 5.91 Å². The van der Waals surface area contributed by atoms with Crippen molar-refractivity contribution in [2.75, 3.05) is 0 Å². The van der Waals surface area contributed by atoms with Gasteiger partial charge in [-0.1, -0.05) is 36.4 Å². The van der Waals surface area contributed by atoms with E-state index in [0.29, 0.717) is 19.3 Å². The topological polar surface area (TPSA) is 62.2 Å². The number of aliphatic hydroxyl groups is 1. The van der Waals surface area contributed by atoms with Gasteiger partial charge in [0.05, 0.1) is 6.10 Å². The maximum atomic E-state index is 11.9. The monoisotopic (exact) mass is 298 g/mol. The summed E-state index contributed by atoms with van der Waals surface area (Å²) < 4.78 is 0. The summed E-state index contributed by atoms with van der Waals surface area (Å²) in [4.78, 5) is 16.1. The zero-order valence-corrected chi connectivity index (χ0v) is 12.8. The second-order valence-corrected chi connectivity index (χ2v) is 5.45. The number of aromatic nitrogens is 1. The lowest BCUT2D eigenvalue weighted by Gasteiger charge is -2.18. The van der Waals surface area contributed by atoms with Gasteiger partial charge in [-0.15, -0.1) is 0 Å². The number of nitrogens with zero attached hydrogens (tertiary/aromatic N) is 1. The van der Waals surface area contributed by atoms with Crippen LogP contribution in [-0.2, 0) is 11.2 Å². The van der Waals surface area contributed by atoms with Crippen LogP contribution in [0.15, 0.2) is 54.7 Å². The molecule has 0 aliphatic heterocycles. The van der Waals surface area contributed by atoms with Crippen LogP contribution in [0.25, 0.3) is 0 Å². The Balaban J connectivity index is 1.74. The first-order valence-electron chi connectivity index (χ1n) is 7.57. The minimum absolute atomic E-state index is 0.0154. The number of carbonyl (C=O) groups excluding carboxylic acids is 1.